The number of nitrogens with zero attached hydrogens (tertiary/aromatic N) is 5. The predicted octanol–water partition coefficient (Wildman–Crippen LogP) is 3.88. The Labute approximate surface area is 177 Å². The van der Waals surface area contributed by atoms with Crippen molar-refractivity contribution in [2.75, 3.05) is 0 Å². The summed E-state index contributed by atoms with van der Waals surface area (Å²) in [5, 5.41) is 42.2. The van der Waals surface area contributed by atoms with E-state index in [9.17, 15) is 35.4 Å². The Morgan fingerprint density at radius 2 is 1.94 bits per heavy atom. The summed E-state index contributed by atoms with van der Waals surface area (Å²) in [6.45, 7) is 3.71. The van der Waals surface area contributed by atoms with Crippen molar-refractivity contribution in [2.24, 2.45) is 4.99 Å². The fraction of sp³-hybridized carbons (Fsp3) is 0.350. The number of nitro groups is 2. The molecule has 11 nitrogen and oxygen atoms in total. The monoisotopic (exact) mass is 427 g/mol. The first kappa shape index (κ1) is 23.2. The minimum absolute atomic E-state index is 0.0688. The summed E-state index contributed by atoms with van der Waals surface area (Å²) >= 11 is 0. The van der Waals surface area contributed by atoms with Crippen LogP contribution in [0.2, 0.25) is 0 Å². The van der Waals surface area contributed by atoms with E-state index in [2.05, 4.69) is 4.99 Å². The largest absolute Gasteiger partial charge is 0.494 e. The van der Waals surface area contributed by atoms with Crippen LogP contribution >= 0.6 is 0 Å². The second-order valence-electron chi connectivity index (χ2n) is 6.81. The average molecular weight is 427 g/mol. The van der Waals surface area contributed by atoms with Crippen molar-refractivity contribution in [3.63, 3.8) is 0 Å². The third-order valence-electron chi connectivity index (χ3n) is 4.78. The second kappa shape index (κ2) is 10.1. The first-order valence-electron chi connectivity index (χ1n) is 9.56. The fourth-order valence-electron chi connectivity index (χ4n) is 3.04. The number of benzene rings is 1. The molecule has 2 rings (SSSR count). The fourth-order valence-corrected chi connectivity index (χ4v) is 3.04. The summed E-state index contributed by atoms with van der Waals surface area (Å²) in [5.41, 5.74) is -1.75. The molecule has 1 aromatic carbocycles. The van der Waals surface area contributed by atoms with Crippen molar-refractivity contribution >= 4 is 23.3 Å². The lowest BCUT2D eigenvalue weighted by Gasteiger charge is -2.13. The van der Waals surface area contributed by atoms with Crippen LogP contribution in [-0.4, -0.2) is 25.7 Å². The molecule has 0 spiro atoms. The van der Waals surface area contributed by atoms with Crippen LogP contribution in [0.5, 0.6) is 5.88 Å². The van der Waals surface area contributed by atoms with Gasteiger partial charge in [-0.05, 0) is 25.0 Å². The number of rotatable bonds is 9. The Balaban J connectivity index is 2.55. The molecule has 0 radical (unpaired) electrons. The maximum absolute atomic E-state index is 12.6. The number of nitro benzene ring substituents is 2. The quantitative estimate of drug-likeness (QED) is 0.274. The molecule has 0 saturated heterocycles. The normalized spacial score (nSPS) is 10.9. The number of hydrogen-bond donors (Lipinski definition) is 1. The molecule has 11 heteroatoms. The summed E-state index contributed by atoms with van der Waals surface area (Å²) in [6, 6.07) is 4.81. The minimum Gasteiger partial charge on any atom is -0.494 e. The highest BCUT2D eigenvalue weighted by molar-refractivity contribution is 5.88. The number of aromatic hydroxyl groups is 1. The highest BCUT2D eigenvalue weighted by Crippen LogP contribution is 2.31. The van der Waals surface area contributed by atoms with Crippen molar-refractivity contribution in [3.05, 3.63) is 65.5 Å². The number of hydrogen-bond acceptors (Lipinski definition) is 8. The van der Waals surface area contributed by atoms with Gasteiger partial charge in [0.05, 0.1) is 21.5 Å². The molecule has 1 N–H and O–H groups in total. The molecule has 31 heavy (non-hydrogen) atoms. The molecule has 1 aromatic heterocycles. The number of nitriles is 1. The number of unbranched alkanes of at least 4 members (excludes halogenated alkanes) is 3. The van der Waals surface area contributed by atoms with Crippen LogP contribution in [0.1, 0.15) is 49.3 Å². The van der Waals surface area contributed by atoms with E-state index in [0.29, 0.717) is 6.42 Å². The van der Waals surface area contributed by atoms with Crippen molar-refractivity contribution in [2.45, 2.75) is 46.1 Å². The summed E-state index contributed by atoms with van der Waals surface area (Å²) in [7, 11) is 0. The molecule has 0 fully saturated rings. The molecule has 0 amide bonds. The first-order chi connectivity index (χ1) is 14.7. The molecule has 1 heterocycles. The summed E-state index contributed by atoms with van der Waals surface area (Å²) in [6.07, 6.45) is 4.53. The molecule has 0 saturated carbocycles. The van der Waals surface area contributed by atoms with Crippen LogP contribution in [0, 0.1) is 38.5 Å². The van der Waals surface area contributed by atoms with E-state index >= 15 is 0 Å². The van der Waals surface area contributed by atoms with Gasteiger partial charge in [-0.15, -0.1) is 0 Å². The molecule has 0 atom stereocenters. The Kier molecular flexibility index (Phi) is 7.57. The van der Waals surface area contributed by atoms with Crippen LogP contribution in [0.25, 0.3) is 0 Å². The van der Waals surface area contributed by atoms with Gasteiger partial charge < -0.3 is 5.11 Å². The van der Waals surface area contributed by atoms with E-state index in [1.807, 2.05) is 13.0 Å². The zero-order chi connectivity index (χ0) is 23.1. The molecule has 0 unspecified atom stereocenters. The molecule has 2 aromatic rings. The van der Waals surface area contributed by atoms with Crippen molar-refractivity contribution in [1.29, 1.82) is 5.26 Å². The number of aromatic nitrogens is 1. The van der Waals surface area contributed by atoms with Crippen molar-refractivity contribution in [1.82, 2.24) is 4.57 Å². The summed E-state index contributed by atoms with van der Waals surface area (Å²) in [5.74, 6) is -0.397. The van der Waals surface area contributed by atoms with Gasteiger partial charge in [0, 0.05) is 18.8 Å². The average Bonchev–Trinajstić information content (AvgIpc) is 2.73. The van der Waals surface area contributed by atoms with E-state index in [-0.39, 0.29) is 28.9 Å². The van der Waals surface area contributed by atoms with E-state index < -0.39 is 32.7 Å². The Morgan fingerprint density at radius 3 is 2.52 bits per heavy atom. The number of pyridine rings is 1. The van der Waals surface area contributed by atoms with E-state index in [0.717, 1.165) is 48.2 Å². The van der Waals surface area contributed by atoms with Crippen LogP contribution in [0.15, 0.2) is 28.0 Å². The highest BCUT2D eigenvalue weighted by Gasteiger charge is 2.21. The molecule has 0 aliphatic heterocycles. The zero-order valence-corrected chi connectivity index (χ0v) is 17.1. The van der Waals surface area contributed by atoms with Gasteiger partial charge in [-0.3, -0.25) is 29.6 Å². The van der Waals surface area contributed by atoms with E-state index in [1.54, 1.807) is 0 Å². The van der Waals surface area contributed by atoms with Crippen LogP contribution in [0.4, 0.5) is 17.1 Å². The van der Waals surface area contributed by atoms with Crippen LogP contribution in [0.3, 0.4) is 0 Å². The molecular weight excluding hydrogens is 406 g/mol. The second-order valence-corrected chi connectivity index (χ2v) is 6.81. The Morgan fingerprint density at radius 1 is 1.23 bits per heavy atom. The third kappa shape index (κ3) is 5.11. The predicted molar refractivity (Wildman–Crippen MR) is 113 cm³/mol. The molecular formula is C20H21N5O6. The summed E-state index contributed by atoms with van der Waals surface area (Å²) < 4.78 is 1.09. The standard InChI is InChI=1S/C20H21N5O6/c1-3-4-5-6-9-23-19(26)15(11-21)13(2)16(20(23)27)12-22-17-8-7-14(24(28)29)10-18(17)25(30)31/h7-8,10,12,27H,3-6,9H2,1-2H3. The van der Waals surface area contributed by atoms with Gasteiger partial charge in [0.2, 0.25) is 5.88 Å². The summed E-state index contributed by atoms with van der Waals surface area (Å²) in [4.78, 5) is 37.2. The molecule has 0 bridgehead atoms. The molecule has 162 valence electrons. The van der Waals surface area contributed by atoms with Gasteiger partial charge in [0.25, 0.3) is 11.2 Å². The smallest absolute Gasteiger partial charge is 0.301 e. The van der Waals surface area contributed by atoms with Crippen molar-refractivity contribution in [3.8, 4) is 11.9 Å². The Hall–Kier alpha value is -4.07. The Bertz CT molecular complexity index is 1150. The lowest BCUT2D eigenvalue weighted by Crippen LogP contribution is -2.25. The highest BCUT2D eigenvalue weighted by atomic mass is 16.6. The molecule has 0 aliphatic carbocycles. The van der Waals surface area contributed by atoms with Crippen LogP contribution in [-0.2, 0) is 6.54 Å². The van der Waals surface area contributed by atoms with E-state index in [1.165, 1.54) is 6.92 Å². The lowest BCUT2D eigenvalue weighted by molar-refractivity contribution is -0.393. The zero-order valence-electron chi connectivity index (χ0n) is 17.1. The lowest BCUT2D eigenvalue weighted by atomic mass is 10.1. The maximum Gasteiger partial charge on any atom is 0.301 e. The topological polar surface area (TPSA) is 165 Å². The number of non-ortho nitro benzene ring substituents is 1. The van der Waals surface area contributed by atoms with Gasteiger partial charge >= 0.3 is 5.69 Å². The SMILES string of the molecule is CCCCCCn1c(O)c(C=Nc2ccc([N+](=O)[O-])cc2[N+](=O)[O-])c(C)c(C#N)c1=O. The first-order valence-corrected chi connectivity index (χ1v) is 9.56. The third-order valence-corrected chi connectivity index (χ3v) is 4.78. The number of aliphatic imine (C=N–C) groups is 1. The minimum atomic E-state index is -0.804. The van der Waals surface area contributed by atoms with Gasteiger partial charge in [0.15, 0.2) is 0 Å². The molecule has 0 aliphatic rings. The van der Waals surface area contributed by atoms with Gasteiger partial charge in [-0.25, -0.2) is 4.99 Å². The van der Waals surface area contributed by atoms with Crippen molar-refractivity contribution < 1.29 is 15.0 Å². The van der Waals surface area contributed by atoms with Gasteiger partial charge in [-0.1, -0.05) is 26.2 Å². The van der Waals surface area contributed by atoms with Gasteiger partial charge in [-0.2, -0.15) is 5.26 Å². The van der Waals surface area contributed by atoms with E-state index in [4.69, 9.17) is 0 Å². The maximum atomic E-state index is 12.6. The van der Waals surface area contributed by atoms with Crippen LogP contribution < -0.4 is 5.56 Å². The van der Waals surface area contributed by atoms with Gasteiger partial charge in [0.1, 0.15) is 17.3 Å².